The first kappa shape index (κ1) is 22.0. The lowest BCUT2D eigenvalue weighted by Crippen LogP contribution is -2.67. The van der Waals surface area contributed by atoms with Crippen LogP contribution in [0.25, 0.3) is 5.57 Å². The molecule has 0 unspecified atom stereocenters. The van der Waals surface area contributed by atoms with Crippen LogP contribution in [-0.2, 0) is 26.6 Å². The summed E-state index contributed by atoms with van der Waals surface area (Å²) in [5.41, 5.74) is 1.35. The van der Waals surface area contributed by atoms with Crippen LogP contribution < -0.4 is 3.97 Å². The topological polar surface area (TPSA) is 92.4 Å². The molecule has 3 rings (SSSR count). The summed E-state index contributed by atoms with van der Waals surface area (Å²) in [5.74, 6) is -6.96. The molecule has 1 N–H and O–H groups in total. The van der Waals surface area contributed by atoms with Crippen molar-refractivity contribution in [3.63, 3.8) is 0 Å². The van der Waals surface area contributed by atoms with Gasteiger partial charge >= 0.3 is 36.6 Å². The van der Waals surface area contributed by atoms with Gasteiger partial charge < -0.3 is 0 Å². The first-order valence-corrected chi connectivity index (χ1v) is 11.1. The maximum atomic E-state index is 14.3. The van der Waals surface area contributed by atoms with E-state index in [2.05, 4.69) is 0 Å². The van der Waals surface area contributed by atoms with E-state index in [-0.39, 0.29) is 21.7 Å². The van der Waals surface area contributed by atoms with Crippen LogP contribution >= 0.6 is 0 Å². The number of alkyl halides is 6. The predicted molar refractivity (Wildman–Crippen MR) is 86.4 cm³/mol. The first-order valence-electron chi connectivity index (χ1n) is 8.18. The highest BCUT2D eigenvalue weighted by molar-refractivity contribution is 7.87. The second kappa shape index (κ2) is 6.41. The van der Waals surface area contributed by atoms with E-state index in [0.717, 1.165) is 24.5 Å². The number of pyridine rings is 1. The van der Waals surface area contributed by atoms with E-state index < -0.39 is 36.6 Å². The number of fused-ring (bicyclic) bond motifs is 2. The molecule has 162 valence electrons. The molecule has 0 saturated carbocycles. The van der Waals surface area contributed by atoms with E-state index in [1.165, 1.54) is 6.07 Å². The molecule has 0 radical (unpaired) electrons. The van der Waals surface area contributed by atoms with Gasteiger partial charge in [-0.25, -0.2) is 0 Å². The van der Waals surface area contributed by atoms with Crippen molar-refractivity contribution >= 4 is 25.7 Å². The third kappa shape index (κ3) is 2.90. The van der Waals surface area contributed by atoms with Gasteiger partial charge in [-0.1, -0.05) is 9.55 Å². The lowest BCUT2D eigenvalue weighted by atomic mass is 9.92. The van der Waals surface area contributed by atoms with Crippen LogP contribution in [0.2, 0.25) is 0 Å². The molecule has 14 heteroatoms. The second-order valence-electron chi connectivity index (χ2n) is 6.72. The van der Waals surface area contributed by atoms with Gasteiger partial charge in [0.05, 0.1) is 6.42 Å². The van der Waals surface area contributed by atoms with Gasteiger partial charge in [-0.05, 0) is 37.3 Å². The average Bonchev–Trinajstić information content (AvgIpc) is 2.98. The van der Waals surface area contributed by atoms with Crippen LogP contribution in [0, 0.1) is 0 Å². The van der Waals surface area contributed by atoms with Crippen molar-refractivity contribution in [2.24, 2.45) is 0 Å². The van der Waals surface area contributed by atoms with Gasteiger partial charge in [0.15, 0.2) is 6.20 Å². The molecular formula is C15H14F6NO5S2+. The molecule has 2 aliphatic rings. The summed E-state index contributed by atoms with van der Waals surface area (Å²) in [6.45, 7) is 0. The van der Waals surface area contributed by atoms with Crippen LogP contribution in [0.5, 0.6) is 0 Å². The first-order chi connectivity index (χ1) is 13.1. The molecule has 0 amide bonds. The number of aromatic nitrogens is 1. The maximum Gasteiger partial charge on any atom is 0.475 e. The summed E-state index contributed by atoms with van der Waals surface area (Å²) in [6, 6.07) is 2.38. The monoisotopic (exact) mass is 466 g/mol. The average molecular weight is 466 g/mol. The normalized spacial score (nSPS) is 18.6. The zero-order chi connectivity index (χ0) is 22.0. The van der Waals surface area contributed by atoms with Crippen molar-refractivity contribution in [3.05, 3.63) is 35.2 Å². The zero-order valence-corrected chi connectivity index (χ0v) is 16.0. The minimum absolute atomic E-state index is 0.152. The van der Waals surface area contributed by atoms with Gasteiger partial charge in [0, 0.05) is 11.6 Å². The maximum absolute atomic E-state index is 14.3. The Kier molecular flexibility index (Phi) is 4.87. The van der Waals surface area contributed by atoms with Crippen molar-refractivity contribution in [2.75, 3.05) is 0 Å². The third-order valence-electron chi connectivity index (χ3n) is 4.99. The molecule has 1 aromatic heterocycles. The fourth-order valence-electron chi connectivity index (χ4n) is 3.50. The summed E-state index contributed by atoms with van der Waals surface area (Å²) in [7, 11) is -13.6. The number of halogens is 6. The van der Waals surface area contributed by atoms with Gasteiger partial charge in [0.1, 0.15) is 0 Å². The van der Waals surface area contributed by atoms with Gasteiger partial charge in [0.2, 0.25) is 5.69 Å². The molecule has 0 saturated heterocycles. The zero-order valence-electron chi connectivity index (χ0n) is 14.4. The molecule has 0 fully saturated rings. The number of allylic oxidation sites excluding steroid dienone is 2. The summed E-state index contributed by atoms with van der Waals surface area (Å²) in [4.78, 5) is 0. The Bertz CT molecular complexity index is 1110. The van der Waals surface area contributed by atoms with Crippen LogP contribution in [0.1, 0.15) is 36.9 Å². The molecular weight excluding hydrogens is 452 g/mol. The predicted octanol–water partition coefficient (Wildman–Crippen LogP) is 2.74. The van der Waals surface area contributed by atoms with E-state index in [9.17, 15) is 43.2 Å². The minimum atomic E-state index is -7.06. The summed E-state index contributed by atoms with van der Waals surface area (Å²) in [6.07, 6.45) is 2.91. The van der Waals surface area contributed by atoms with Crippen LogP contribution in [-0.4, -0.2) is 37.8 Å². The molecule has 1 aromatic rings. The Balaban J connectivity index is 2.16. The molecule has 0 aromatic carbocycles. The number of rotatable bonds is 5. The van der Waals surface area contributed by atoms with Crippen LogP contribution in [0.15, 0.2) is 23.9 Å². The lowest BCUT2D eigenvalue weighted by molar-refractivity contribution is -0.528. The fraction of sp³-hybridized carbons (Fsp3) is 0.533. The Morgan fingerprint density at radius 3 is 2.10 bits per heavy atom. The lowest BCUT2D eigenvalue weighted by Gasteiger charge is -2.28. The molecule has 6 nitrogen and oxygen atoms in total. The van der Waals surface area contributed by atoms with E-state index in [1.54, 1.807) is 0 Å². The van der Waals surface area contributed by atoms with Crippen molar-refractivity contribution in [3.8, 4) is 0 Å². The van der Waals surface area contributed by atoms with Gasteiger partial charge in [-0.15, -0.1) is 0 Å². The highest BCUT2D eigenvalue weighted by atomic mass is 32.2. The van der Waals surface area contributed by atoms with E-state index in [1.807, 2.05) is 0 Å². The van der Waals surface area contributed by atoms with Crippen LogP contribution in [0.4, 0.5) is 26.3 Å². The Morgan fingerprint density at radius 2 is 1.52 bits per heavy atom. The highest BCUT2D eigenvalue weighted by Crippen LogP contribution is 2.50. The highest BCUT2D eigenvalue weighted by Gasteiger charge is 2.85. The quantitative estimate of drug-likeness (QED) is 0.409. The largest absolute Gasteiger partial charge is 0.475 e. The molecule has 0 spiro atoms. The molecule has 0 bridgehead atoms. The number of hydrogen-bond acceptors (Lipinski definition) is 4. The summed E-state index contributed by atoms with van der Waals surface area (Å²) in [5, 5.41) is -13.3. The summed E-state index contributed by atoms with van der Waals surface area (Å²) < 4.78 is 137. The smallest absolute Gasteiger partial charge is 0.281 e. The Labute approximate surface area is 161 Å². The molecule has 29 heavy (non-hydrogen) atoms. The summed E-state index contributed by atoms with van der Waals surface area (Å²) >= 11 is 0. The van der Waals surface area contributed by atoms with E-state index >= 15 is 0 Å². The van der Waals surface area contributed by atoms with Crippen molar-refractivity contribution in [1.82, 2.24) is 0 Å². The van der Waals surface area contributed by atoms with Gasteiger partial charge in [-0.3, -0.25) is 4.55 Å². The van der Waals surface area contributed by atoms with Crippen molar-refractivity contribution < 1.29 is 51.7 Å². The number of hydrogen-bond donors (Lipinski definition) is 1. The molecule has 1 heterocycles. The Morgan fingerprint density at radius 1 is 0.931 bits per heavy atom. The molecule has 0 aliphatic heterocycles. The number of nitrogens with zero attached hydrogens (tertiary/aromatic N) is 1. The minimum Gasteiger partial charge on any atom is -0.281 e. The van der Waals surface area contributed by atoms with Crippen LogP contribution in [0.3, 0.4) is 0 Å². The fourth-order valence-corrected chi connectivity index (χ4v) is 5.40. The van der Waals surface area contributed by atoms with Crippen molar-refractivity contribution in [2.45, 2.75) is 48.5 Å². The van der Waals surface area contributed by atoms with Crippen molar-refractivity contribution in [1.29, 1.82) is 0 Å². The Hall–Kier alpha value is -1.67. The van der Waals surface area contributed by atoms with E-state index in [4.69, 9.17) is 4.55 Å². The SMILES string of the molecule is O=S(=O)(O)C(F)(F)C(F)(F)C(F)(F)S(=O)(=O)[n+]1cccc2c1CC1=C2CCCC1. The standard InChI is InChI=1S/C15H13F6NO5S2/c16-13(17,15(20,21)29(25,26)27)14(18,19)28(23,24)22-7-3-6-11-10-5-2-1-4-9(10)8-12(11)22/h3,6-7H,1-2,4-5,8H2/p+1. The molecule has 0 atom stereocenters. The van der Waals surface area contributed by atoms with Gasteiger partial charge in [-0.2, -0.15) is 43.2 Å². The molecule has 2 aliphatic carbocycles. The second-order valence-corrected chi connectivity index (χ2v) is 10.0. The van der Waals surface area contributed by atoms with Gasteiger partial charge in [0.25, 0.3) is 0 Å². The van der Waals surface area contributed by atoms with E-state index in [0.29, 0.717) is 24.6 Å². The third-order valence-corrected chi connectivity index (χ3v) is 7.66.